The number of hydrogen-bond donors (Lipinski definition) is 2. The molecule has 3 saturated carbocycles. The minimum absolute atomic E-state index is 0.250. The summed E-state index contributed by atoms with van der Waals surface area (Å²) in [5.41, 5.74) is 6.27. The number of hydrogen-bond acceptors (Lipinski definition) is 2. The molecule has 0 aromatic heterocycles. The Bertz CT molecular complexity index is 300. The van der Waals surface area contributed by atoms with Crippen LogP contribution in [0.4, 0.5) is 0 Å². The van der Waals surface area contributed by atoms with Crippen molar-refractivity contribution in [3.05, 3.63) is 0 Å². The molecule has 2 bridgehead atoms. The molecule has 0 aliphatic heterocycles. The fraction of sp³-hybridized carbons (Fsp3) is 0.933. The third kappa shape index (κ3) is 2.42. The molecule has 3 N–H and O–H groups in total. The molecule has 2 atom stereocenters. The van der Waals surface area contributed by atoms with Crippen molar-refractivity contribution < 1.29 is 4.79 Å². The van der Waals surface area contributed by atoms with Gasteiger partial charge in [-0.2, -0.15) is 0 Å². The highest BCUT2D eigenvalue weighted by molar-refractivity contribution is 5.78. The predicted molar refractivity (Wildman–Crippen MR) is 71.9 cm³/mol. The van der Waals surface area contributed by atoms with E-state index in [1.54, 1.807) is 0 Å². The van der Waals surface area contributed by atoms with Gasteiger partial charge in [0, 0.05) is 18.5 Å². The topological polar surface area (TPSA) is 55.1 Å². The van der Waals surface area contributed by atoms with Gasteiger partial charge in [-0.25, -0.2) is 0 Å². The summed E-state index contributed by atoms with van der Waals surface area (Å²) in [7, 11) is 0. The lowest BCUT2D eigenvalue weighted by Crippen LogP contribution is -2.49. The lowest BCUT2D eigenvalue weighted by molar-refractivity contribution is -0.128. The third-order valence-electron chi connectivity index (χ3n) is 5.57. The lowest BCUT2D eigenvalue weighted by atomic mass is 9.65. The first kappa shape index (κ1) is 12.5. The van der Waals surface area contributed by atoms with E-state index >= 15 is 0 Å². The van der Waals surface area contributed by atoms with Crippen LogP contribution in [0.1, 0.15) is 51.4 Å². The Hall–Kier alpha value is -0.570. The predicted octanol–water partition coefficient (Wildman–Crippen LogP) is 2.06. The maximum absolute atomic E-state index is 12.2. The fourth-order valence-corrected chi connectivity index (χ4v) is 4.09. The van der Waals surface area contributed by atoms with E-state index in [4.69, 9.17) is 5.73 Å². The SMILES string of the molecule is NC1C2CCCC1CC(C(=O)NCC1CCC1)C2. The van der Waals surface area contributed by atoms with Crippen LogP contribution < -0.4 is 11.1 Å². The number of nitrogens with one attached hydrogen (secondary N) is 1. The highest BCUT2D eigenvalue weighted by Crippen LogP contribution is 2.41. The van der Waals surface area contributed by atoms with Crippen LogP contribution in [0.15, 0.2) is 0 Å². The van der Waals surface area contributed by atoms with Gasteiger partial charge in [0.1, 0.15) is 0 Å². The number of nitrogens with two attached hydrogens (primary N) is 1. The summed E-state index contributed by atoms with van der Waals surface area (Å²) in [6, 6.07) is 0.370. The summed E-state index contributed by atoms with van der Waals surface area (Å²) >= 11 is 0. The van der Waals surface area contributed by atoms with Gasteiger partial charge in [-0.1, -0.05) is 12.8 Å². The highest BCUT2D eigenvalue weighted by atomic mass is 16.1. The molecule has 0 radical (unpaired) electrons. The van der Waals surface area contributed by atoms with Crippen LogP contribution in [0.5, 0.6) is 0 Å². The molecule has 3 rings (SSSR count). The van der Waals surface area contributed by atoms with E-state index < -0.39 is 0 Å². The summed E-state index contributed by atoms with van der Waals surface area (Å²) in [6.07, 6.45) is 9.83. The second-order valence-electron chi connectivity index (χ2n) is 6.74. The van der Waals surface area contributed by atoms with Gasteiger partial charge in [0.05, 0.1) is 0 Å². The zero-order valence-corrected chi connectivity index (χ0v) is 11.2. The van der Waals surface area contributed by atoms with Gasteiger partial charge < -0.3 is 11.1 Å². The summed E-state index contributed by atoms with van der Waals surface area (Å²) in [4.78, 5) is 12.2. The maximum atomic E-state index is 12.2. The Morgan fingerprint density at radius 3 is 2.22 bits per heavy atom. The van der Waals surface area contributed by atoms with Crippen molar-refractivity contribution >= 4 is 5.91 Å². The van der Waals surface area contributed by atoms with E-state index in [0.717, 1.165) is 25.3 Å². The molecular formula is C15H26N2O. The molecule has 0 heterocycles. The number of carbonyl (C=O) groups is 1. The molecule has 0 aromatic carbocycles. The van der Waals surface area contributed by atoms with Crippen molar-refractivity contribution in [1.82, 2.24) is 5.32 Å². The quantitative estimate of drug-likeness (QED) is 0.805. The summed E-state index contributed by atoms with van der Waals surface area (Å²) < 4.78 is 0. The first-order chi connectivity index (χ1) is 8.74. The van der Waals surface area contributed by atoms with Crippen molar-refractivity contribution in [2.45, 2.75) is 57.4 Å². The van der Waals surface area contributed by atoms with Crippen molar-refractivity contribution in [2.75, 3.05) is 6.54 Å². The van der Waals surface area contributed by atoms with Gasteiger partial charge >= 0.3 is 0 Å². The van der Waals surface area contributed by atoms with E-state index in [0.29, 0.717) is 23.8 Å². The van der Waals surface area contributed by atoms with Crippen LogP contribution in [-0.2, 0) is 4.79 Å². The molecule has 1 amide bonds. The first-order valence-corrected chi connectivity index (χ1v) is 7.77. The van der Waals surface area contributed by atoms with Crippen LogP contribution in [0.2, 0.25) is 0 Å². The van der Waals surface area contributed by atoms with Crippen molar-refractivity contribution in [3.8, 4) is 0 Å². The van der Waals surface area contributed by atoms with Crippen molar-refractivity contribution in [1.29, 1.82) is 0 Å². The van der Waals surface area contributed by atoms with Gasteiger partial charge in [0.25, 0.3) is 0 Å². The minimum atomic E-state index is 0.250. The van der Waals surface area contributed by atoms with Crippen LogP contribution in [0.25, 0.3) is 0 Å². The minimum Gasteiger partial charge on any atom is -0.356 e. The molecule has 3 fully saturated rings. The Labute approximate surface area is 110 Å². The number of amides is 1. The molecular weight excluding hydrogens is 224 g/mol. The molecule has 102 valence electrons. The molecule has 18 heavy (non-hydrogen) atoms. The Morgan fingerprint density at radius 1 is 1.06 bits per heavy atom. The molecule has 0 saturated heterocycles. The largest absolute Gasteiger partial charge is 0.356 e. The smallest absolute Gasteiger partial charge is 0.223 e. The number of carbonyl (C=O) groups excluding carboxylic acids is 1. The molecule has 3 aliphatic rings. The van der Waals surface area contributed by atoms with Gasteiger partial charge in [0.15, 0.2) is 0 Å². The first-order valence-electron chi connectivity index (χ1n) is 7.77. The Kier molecular flexibility index (Phi) is 3.60. The average Bonchev–Trinajstić information content (AvgIpc) is 2.26. The molecule has 3 aliphatic carbocycles. The van der Waals surface area contributed by atoms with Gasteiger partial charge in [-0.15, -0.1) is 0 Å². The summed E-state index contributed by atoms with van der Waals surface area (Å²) in [5.74, 6) is 2.54. The third-order valence-corrected chi connectivity index (χ3v) is 5.57. The van der Waals surface area contributed by atoms with Gasteiger partial charge in [-0.3, -0.25) is 4.79 Å². The standard InChI is InChI=1S/C15H26N2O/c16-14-11-5-2-6-12(14)8-13(7-11)15(18)17-9-10-3-1-4-10/h10-14H,1-9,16H2,(H,17,18). The summed E-state index contributed by atoms with van der Waals surface area (Å²) in [5, 5.41) is 3.18. The molecule has 3 heteroatoms. The second kappa shape index (κ2) is 5.20. The highest BCUT2D eigenvalue weighted by Gasteiger charge is 2.40. The van der Waals surface area contributed by atoms with E-state index in [1.807, 2.05) is 0 Å². The van der Waals surface area contributed by atoms with Crippen molar-refractivity contribution in [3.63, 3.8) is 0 Å². The van der Waals surface area contributed by atoms with Crippen molar-refractivity contribution in [2.24, 2.45) is 29.4 Å². The zero-order chi connectivity index (χ0) is 12.5. The molecule has 0 spiro atoms. The average molecular weight is 250 g/mol. The van der Waals surface area contributed by atoms with Crippen LogP contribution in [-0.4, -0.2) is 18.5 Å². The summed E-state index contributed by atoms with van der Waals surface area (Å²) in [6.45, 7) is 0.913. The molecule has 3 nitrogen and oxygen atoms in total. The number of rotatable bonds is 3. The maximum Gasteiger partial charge on any atom is 0.223 e. The number of fused-ring (bicyclic) bond motifs is 2. The normalized spacial score (nSPS) is 40.1. The van der Waals surface area contributed by atoms with Gasteiger partial charge in [0.2, 0.25) is 5.91 Å². The van der Waals surface area contributed by atoms with Crippen LogP contribution in [0, 0.1) is 23.7 Å². The Balaban J connectivity index is 1.51. The molecule has 2 unspecified atom stereocenters. The van der Waals surface area contributed by atoms with Crippen LogP contribution in [0.3, 0.4) is 0 Å². The van der Waals surface area contributed by atoms with E-state index in [2.05, 4.69) is 5.32 Å². The fourth-order valence-electron chi connectivity index (χ4n) is 4.09. The van der Waals surface area contributed by atoms with E-state index in [-0.39, 0.29) is 5.92 Å². The zero-order valence-electron chi connectivity index (χ0n) is 11.2. The monoisotopic (exact) mass is 250 g/mol. The Morgan fingerprint density at radius 2 is 1.67 bits per heavy atom. The van der Waals surface area contributed by atoms with Crippen LogP contribution >= 0.6 is 0 Å². The van der Waals surface area contributed by atoms with Gasteiger partial charge in [-0.05, 0) is 56.3 Å². The lowest BCUT2D eigenvalue weighted by Gasteiger charge is -2.43. The van der Waals surface area contributed by atoms with E-state index in [1.165, 1.54) is 38.5 Å². The van der Waals surface area contributed by atoms with E-state index in [9.17, 15) is 4.79 Å². The molecule has 0 aromatic rings. The second-order valence-corrected chi connectivity index (χ2v) is 6.74.